The third-order valence-corrected chi connectivity index (χ3v) is 4.16. The summed E-state index contributed by atoms with van der Waals surface area (Å²) >= 11 is 17.4. The standard InChI is InChI=1S/C13H17Cl2N3OS/c14-10-1-2-12(11(15)9-10)16-13(20)18-5-3-17(4-6-18)7-8-19/h1-2,9,19H,3-8H2,(H,16,20). The molecule has 1 aliphatic rings. The minimum atomic E-state index is 0.197. The highest BCUT2D eigenvalue weighted by molar-refractivity contribution is 7.80. The molecule has 1 heterocycles. The Morgan fingerprint density at radius 2 is 1.95 bits per heavy atom. The molecule has 110 valence electrons. The van der Waals surface area contributed by atoms with Gasteiger partial charge in [0.25, 0.3) is 0 Å². The van der Waals surface area contributed by atoms with Gasteiger partial charge in [-0.2, -0.15) is 0 Å². The van der Waals surface area contributed by atoms with Crippen molar-refractivity contribution in [1.82, 2.24) is 9.80 Å². The third kappa shape index (κ3) is 4.20. The number of aliphatic hydroxyl groups is 1. The average Bonchev–Trinajstić information content (AvgIpc) is 2.43. The molecular weight excluding hydrogens is 317 g/mol. The molecule has 4 nitrogen and oxygen atoms in total. The van der Waals surface area contributed by atoms with Crippen molar-refractivity contribution in [3.05, 3.63) is 28.2 Å². The van der Waals surface area contributed by atoms with Crippen LogP contribution in [0.4, 0.5) is 5.69 Å². The van der Waals surface area contributed by atoms with Crippen LogP contribution in [0.1, 0.15) is 0 Å². The molecule has 0 aromatic heterocycles. The molecule has 0 radical (unpaired) electrons. The van der Waals surface area contributed by atoms with Gasteiger partial charge in [-0.3, -0.25) is 4.90 Å². The van der Waals surface area contributed by atoms with Gasteiger partial charge in [-0.25, -0.2) is 0 Å². The number of aliphatic hydroxyl groups excluding tert-OH is 1. The summed E-state index contributed by atoms with van der Waals surface area (Å²) in [5, 5.41) is 13.9. The molecule has 1 aromatic rings. The van der Waals surface area contributed by atoms with E-state index in [1.165, 1.54) is 0 Å². The molecule has 7 heteroatoms. The lowest BCUT2D eigenvalue weighted by Gasteiger charge is -2.35. The van der Waals surface area contributed by atoms with Gasteiger partial charge in [0.05, 0.1) is 17.3 Å². The molecule has 0 saturated carbocycles. The Morgan fingerprint density at radius 3 is 2.55 bits per heavy atom. The fraction of sp³-hybridized carbons (Fsp3) is 0.462. The lowest BCUT2D eigenvalue weighted by atomic mass is 10.3. The van der Waals surface area contributed by atoms with E-state index in [0.717, 1.165) is 38.4 Å². The van der Waals surface area contributed by atoms with Gasteiger partial charge in [0.1, 0.15) is 0 Å². The predicted octanol–water partition coefficient (Wildman–Crippen LogP) is 2.30. The number of anilines is 1. The van der Waals surface area contributed by atoms with E-state index in [4.69, 9.17) is 40.5 Å². The lowest BCUT2D eigenvalue weighted by Crippen LogP contribution is -2.50. The number of rotatable bonds is 3. The second-order valence-electron chi connectivity index (χ2n) is 4.61. The zero-order valence-electron chi connectivity index (χ0n) is 11.0. The molecule has 0 amide bonds. The van der Waals surface area contributed by atoms with E-state index in [-0.39, 0.29) is 6.61 Å². The molecule has 1 aromatic carbocycles. The smallest absolute Gasteiger partial charge is 0.173 e. The summed E-state index contributed by atoms with van der Waals surface area (Å²) in [6.07, 6.45) is 0. The van der Waals surface area contributed by atoms with Crippen LogP contribution < -0.4 is 5.32 Å². The first-order valence-corrected chi connectivity index (χ1v) is 7.61. The van der Waals surface area contributed by atoms with Gasteiger partial charge in [0, 0.05) is 37.7 Å². The highest BCUT2D eigenvalue weighted by atomic mass is 35.5. The Kier molecular flexibility index (Phi) is 5.86. The topological polar surface area (TPSA) is 38.7 Å². The Labute approximate surface area is 134 Å². The number of halogens is 2. The number of benzene rings is 1. The van der Waals surface area contributed by atoms with Crippen LogP contribution >= 0.6 is 35.4 Å². The van der Waals surface area contributed by atoms with E-state index in [9.17, 15) is 0 Å². The maximum absolute atomic E-state index is 8.92. The van der Waals surface area contributed by atoms with E-state index in [1.54, 1.807) is 12.1 Å². The van der Waals surface area contributed by atoms with Crippen LogP contribution in [0, 0.1) is 0 Å². The summed E-state index contributed by atoms with van der Waals surface area (Å²) in [7, 11) is 0. The summed E-state index contributed by atoms with van der Waals surface area (Å²) in [6, 6.07) is 5.28. The van der Waals surface area contributed by atoms with Crippen LogP contribution in [0.2, 0.25) is 10.0 Å². The second kappa shape index (κ2) is 7.43. The van der Waals surface area contributed by atoms with Crippen molar-refractivity contribution in [1.29, 1.82) is 0 Å². The van der Waals surface area contributed by atoms with Gasteiger partial charge in [-0.1, -0.05) is 23.2 Å². The number of hydrogen-bond donors (Lipinski definition) is 2. The van der Waals surface area contributed by atoms with Crippen LogP contribution in [0.25, 0.3) is 0 Å². The first-order chi connectivity index (χ1) is 9.60. The first-order valence-electron chi connectivity index (χ1n) is 6.44. The SMILES string of the molecule is OCCN1CCN(C(=S)Nc2ccc(Cl)cc2Cl)CC1. The van der Waals surface area contributed by atoms with Crippen molar-refractivity contribution in [2.75, 3.05) is 44.6 Å². The third-order valence-electron chi connectivity index (χ3n) is 3.25. The molecule has 20 heavy (non-hydrogen) atoms. The molecule has 1 aliphatic heterocycles. The fourth-order valence-corrected chi connectivity index (χ4v) is 2.85. The maximum atomic E-state index is 8.92. The van der Waals surface area contributed by atoms with Crippen molar-refractivity contribution in [3.8, 4) is 0 Å². The van der Waals surface area contributed by atoms with Gasteiger partial charge >= 0.3 is 0 Å². The fourth-order valence-electron chi connectivity index (χ4n) is 2.10. The highest BCUT2D eigenvalue weighted by Gasteiger charge is 2.18. The second-order valence-corrected chi connectivity index (χ2v) is 5.84. The van der Waals surface area contributed by atoms with E-state index in [1.807, 2.05) is 6.07 Å². The lowest BCUT2D eigenvalue weighted by molar-refractivity contribution is 0.148. The maximum Gasteiger partial charge on any atom is 0.173 e. The summed E-state index contributed by atoms with van der Waals surface area (Å²) in [5.41, 5.74) is 0.763. The molecule has 1 saturated heterocycles. The molecule has 1 fully saturated rings. The molecular formula is C13H17Cl2N3OS. The molecule has 2 N–H and O–H groups in total. The normalized spacial score (nSPS) is 16.2. The van der Waals surface area contributed by atoms with Crippen LogP contribution in [0.15, 0.2) is 18.2 Å². The van der Waals surface area contributed by atoms with Gasteiger partial charge < -0.3 is 15.3 Å². The Hall–Kier alpha value is -0.590. The van der Waals surface area contributed by atoms with E-state index in [0.29, 0.717) is 15.2 Å². The van der Waals surface area contributed by atoms with E-state index < -0.39 is 0 Å². The van der Waals surface area contributed by atoms with Crippen molar-refractivity contribution in [2.24, 2.45) is 0 Å². The molecule has 2 rings (SSSR count). The van der Waals surface area contributed by atoms with Gasteiger partial charge in [-0.15, -0.1) is 0 Å². The minimum Gasteiger partial charge on any atom is -0.395 e. The molecule has 0 aliphatic carbocycles. The summed E-state index contributed by atoms with van der Waals surface area (Å²) in [6.45, 7) is 4.40. The molecule has 0 atom stereocenters. The van der Waals surface area contributed by atoms with Gasteiger partial charge in [0.2, 0.25) is 0 Å². The number of β-amino-alcohol motifs (C(OH)–C–C–N with tert-alkyl or cyclic N) is 1. The van der Waals surface area contributed by atoms with Crippen molar-refractivity contribution in [3.63, 3.8) is 0 Å². The number of hydrogen-bond acceptors (Lipinski definition) is 3. The van der Waals surface area contributed by atoms with Crippen molar-refractivity contribution in [2.45, 2.75) is 0 Å². The van der Waals surface area contributed by atoms with E-state index in [2.05, 4.69) is 15.1 Å². The van der Waals surface area contributed by atoms with Crippen molar-refractivity contribution >= 4 is 46.2 Å². The number of nitrogens with zero attached hydrogens (tertiary/aromatic N) is 2. The predicted molar refractivity (Wildman–Crippen MR) is 87.8 cm³/mol. The largest absolute Gasteiger partial charge is 0.395 e. The Bertz CT molecular complexity index is 479. The summed E-state index contributed by atoms with van der Waals surface area (Å²) in [4.78, 5) is 4.32. The quantitative estimate of drug-likeness (QED) is 0.830. The van der Waals surface area contributed by atoms with E-state index >= 15 is 0 Å². The van der Waals surface area contributed by atoms with Gasteiger partial charge in [-0.05, 0) is 30.4 Å². The van der Waals surface area contributed by atoms with Crippen LogP contribution in [0.3, 0.4) is 0 Å². The zero-order valence-corrected chi connectivity index (χ0v) is 13.3. The van der Waals surface area contributed by atoms with Gasteiger partial charge in [0.15, 0.2) is 5.11 Å². The number of nitrogens with one attached hydrogen (secondary N) is 1. The van der Waals surface area contributed by atoms with Crippen LogP contribution in [-0.2, 0) is 0 Å². The number of piperazine rings is 1. The Morgan fingerprint density at radius 1 is 1.25 bits per heavy atom. The summed E-state index contributed by atoms with van der Waals surface area (Å²) in [5.74, 6) is 0. The molecule has 0 unspecified atom stereocenters. The Balaban J connectivity index is 1.89. The monoisotopic (exact) mass is 333 g/mol. The highest BCUT2D eigenvalue weighted by Crippen LogP contribution is 2.25. The average molecular weight is 334 g/mol. The number of thiocarbonyl (C=S) groups is 1. The van der Waals surface area contributed by atoms with Crippen LogP contribution in [0.5, 0.6) is 0 Å². The van der Waals surface area contributed by atoms with Crippen molar-refractivity contribution < 1.29 is 5.11 Å². The molecule has 0 spiro atoms. The zero-order chi connectivity index (χ0) is 14.5. The van der Waals surface area contributed by atoms with Crippen LogP contribution in [-0.4, -0.2) is 59.3 Å². The summed E-state index contributed by atoms with van der Waals surface area (Å²) < 4.78 is 0. The first kappa shape index (κ1) is 15.8. The minimum absolute atomic E-state index is 0.197. The molecule has 0 bridgehead atoms.